The van der Waals surface area contributed by atoms with E-state index in [4.69, 9.17) is 14.2 Å². The number of likely N-dealkylation sites (N-methyl/N-ethyl adjacent to an activating group) is 1. The van der Waals surface area contributed by atoms with E-state index >= 15 is 0 Å². The standard InChI is InChI=1S/C39H78N2O5/c1-7-9-11-13-15-17-19-21-23-25-27-29-31-44-35-36(33-40-37(42)34-41(6)38(43)46-39(3,4)5)45-32-30-28-26-24-22-20-18-16-14-12-10-8-2/h36H,7-35H2,1-6H3,(H,40,42). The molecule has 0 aromatic carbocycles. The maximum absolute atomic E-state index is 12.6. The Balaban J connectivity index is 4.23. The summed E-state index contributed by atoms with van der Waals surface area (Å²) in [6, 6.07) is 0. The van der Waals surface area contributed by atoms with E-state index in [-0.39, 0.29) is 18.6 Å². The molecule has 0 heterocycles. The number of hydrogen-bond donors (Lipinski definition) is 1. The molecule has 46 heavy (non-hydrogen) atoms. The fraction of sp³-hybridized carbons (Fsp3) is 0.949. The molecule has 1 unspecified atom stereocenters. The van der Waals surface area contributed by atoms with Gasteiger partial charge in [0.25, 0.3) is 0 Å². The van der Waals surface area contributed by atoms with Gasteiger partial charge in [0.05, 0.1) is 12.7 Å². The molecule has 0 aliphatic heterocycles. The van der Waals surface area contributed by atoms with Gasteiger partial charge in [0.1, 0.15) is 12.1 Å². The first kappa shape index (κ1) is 44.7. The molecule has 7 heteroatoms. The molecule has 0 spiro atoms. The topological polar surface area (TPSA) is 77.1 Å². The molecule has 0 saturated carbocycles. The second kappa shape index (κ2) is 32.2. The minimum absolute atomic E-state index is 0.0555. The average molecular weight is 655 g/mol. The molecule has 0 aliphatic rings. The number of nitrogens with one attached hydrogen (secondary N) is 1. The van der Waals surface area contributed by atoms with Gasteiger partial charge < -0.3 is 24.4 Å². The van der Waals surface area contributed by atoms with Crippen molar-refractivity contribution >= 4 is 12.0 Å². The normalized spacial score (nSPS) is 12.3. The molecule has 0 aromatic heterocycles. The molecule has 0 radical (unpaired) electrons. The number of unbranched alkanes of at least 4 members (excludes halogenated alkanes) is 22. The predicted molar refractivity (Wildman–Crippen MR) is 195 cm³/mol. The third-order valence-electron chi connectivity index (χ3n) is 8.41. The molecule has 0 bridgehead atoms. The molecule has 0 aliphatic carbocycles. The zero-order valence-corrected chi connectivity index (χ0v) is 31.6. The average Bonchev–Trinajstić information content (AvgIpc) is 3.00. The minimum atomic E-state index is -0.598. The van der Waals surface area contributed by atoms with Gasteiger partial charge in [-0.15, -0.1) is 0 Å². The van der Waals surface area contributed by atoms with Crippen LogP contribution in [0.15, 0.2) is 0 Å². The first-order valence-electron chi connectivity index (χ1n) is 19.6. The van der Waals surface area contributed by atoms with Crippen LogP contribution in [0.1, 0.15) is 189 Å². The molecule has 1 N–H and O–H groups in total. The van der Waals surface area contributed by atoms with Crippen molar-refractivity contribution in [3.05, 3.63) is 0 Å². The van der Waals surface area contributed by atoms with E-state index in [9.17, 15) is 9.59 Å². The molecular formula is C39H78N2O5. The number of nitrogens with zero attached hydrogens (tertiary/aromatic N) is 1. The van der Waals surface area contributed by atoms with E-state index in [1.807, 2.05) is 20.8 Å². The van der Waals surface area contributed by atoms with Crippen molar-refractivity contribution in [3.63, 3.8) is 0 Å². The Morgan fingerprint density at radius 2 is 1.00 bits per heavy atom. The molecule has 0 rings (SSSR count). The molecular weight excluding hydrogens is 576 g/mol. The van der Waals surface area contributed by atoms with Crippen molar-refractivity contribution in [1.82, 2.24) is 10.2 Å². The Morgan fingerprint density at radius 1 is 0.609 bits per heavy atom. The molecule has 0 aromatic rings. The lowest BCUT2D eigenvalue weighted by Gasteiger charge is -2.24. The lowest BCUT2D eigenvalue weighted by Crippen LogP contribution is -2.44. The van der Waals surface area contributed by atoms with Crippen molar-refractivity contribution in [1.29, 1.82) is 0 Å². The number of carbonyl (C=O) groups is 2. The van der Waals surface area contributed by atoms with Crippen LogP contribution in [0, 0.1) is 0 Å². The zero-order valence-electron chi connectivity index (χ0n) is 31.6. The summed E-state index contributed by atoms with van der Waals surface area (Å²) in [4.78, 5) is 26.1. The summed E-state index contributed by atoms with van der Waals surface area (Å²) >= 11 is 0. The van der Waals surface area contributed by atoms with Crippen molar-refractivity contribution in [2.45, 2.75) is 200 Å². The van der Waals surface area contributed by atoms with Crippen LogP contribution < -0.4 is 5.32 Å². The number of hydrogen-bond acceptors (Lipinski definition) is 5. The fourth-order valence-corrected chi connectivity index (χ4v) is 5.52. The Morgan fingerprint density at radius 3 is 1.41 bits per heavy atom. The number of amides is 2. The Kier molecular flexibility index (Phi) is 31.3. The highest BCUT2D eigenvalue weighted by atomic mass is 16.6. The van der Waals surface area contributed by atoms with Gasteiger partial charge in [-0.25, -0.2) is 4.79 Å². The third kappa shape index (κ3) is 32.6. The zero-order chi connectivity index (χ0) is 34.1. The smallest absolute Gasteiger partial charge is 0.410 e. The van der Waals surface area contributed by atoms with Crippen molar-refractivity contribution in [2.24, 2.45) is 0 Å². The first-order valence-corrected chi connectivity index (χ1v) is 19.6. The van der Waals surface area contributed by atoms with Gasteiger partial charge in [0.15, 0.2) is 0 Å². The van der Waals surface area contributed by atoms with Crippen LogP contribution >= 0.6 is 0 Å². The van der Waals surface area contributed by atoms with E-state index in [2.05, 4.69) is 19.2 Å². The summed E-state index contributed by atoms with van der Waals surface area (Å²) in [5.74, 6) is -0.228. The molecule has 1 atom stereocenters. The van der Waals surface area contributed by atoms with Crippen LogP contribution in [0.3, 0.4) is 0 Å². The van der Waals surface area contributed by atoms with E-state index in [1.165, 1.54) is 146 Å². The second-order valence-corrected chi connectivity index (χ2v) is 14.5. The Bertz CT molecular complexity index is 682. The highest BCUT2D eigenvalue weighted by Crippen LogP contribution is 2.14. The van der Waals surface area contributed by atoms with Gasteiger partial charge in [0.2, 0.25) is 5.91 Å². The monoisotopic (exact) mass is 655 g/mol. The highest BCUT2D eigenvalue weighted by molar-refractivity contribution is 5.82. The summed E-state index contributed by atoms with van der Waals surface area (Å²) in [7, 11) is 1.58. The molecule has 0 fully saturated rings. The third-order valence-corrected chi connectivity index (χ3v) is 8.41. The molecule has 7 nitrogen and oxygen atoms in total. The van der Waals surface area contributed by atoms with Crippen LogP contribution in [0.4, 0.5) is 4.79 Å². The van der Waals surface area contributed by atoms with Crippen LogP contribution in [-0.2, 0) is 19.0 Å². The molecule has 2 amide bonds. The van der Waals surface area contributed by atoms with Crippen molar-refractivity contribution in [2.75, 3.05) is 40.0 Å². The lowest BCUT2D eigenvalue weighted by molar-refractivity contribution is -0.123. The van der Waals surface area contributed by atoms with E-state index < -0.39 is 11.7 Å². The molecule has 0 saturated heterocycles. The second-order valence-electron chi connectivity index (χ2n) is 14.5. The summed E-state index contributed by atoms with van der Waals surface area (Å²) in [5.41, 5.74) is -0.598. The van der Waals surface area contributed by atoms with Crippen LogP contribution in [0.2, 0.25) is 0 Å². The Hall–Kier alpha value is -1.34. The van der Waals surface area contributed by atoms with Gasteiger partial charge in [-0.3, -0.25) is 4.79 Å². The fourth-order valence-electron chi connectivity index (χ4n) is 5.52. The van der Waals surface area contributed by atoms with Gasteiger partial charge in [0, 0.05) is 26.8 Å². The van der Waals surface area contributed by atoms with Gasteiger partial charge in [-0.05, 0) is 33.6 Å². The minimum Gasteiger partial charge on any atom is -0.444 e. The number of ether oxygens (including phenoxy) is 3. The largest absolute Gasteiger partial charge is 0.444 e. The molecule has 274 valence electrons. The Labute approximate surface area is 286 Å². The van der Waals surface area contributed by atoms with E-state index in [0.717, 1.165) is 19.4 Å². The van der Waals surface area contributed by atoms with E-state index in [0.29, 0.717) is 19.8 Å². The predicted octanol–water partition coefficient (Wildman–Crippen LogP) is 10.8. The summed E-state index contributed by atoms with van der Waals surface area (Å²) in [5, 5.41) is 2.93. The maximum atomic E-state index is 12.6. The lowest BCUT2D eigenvalue weighted by atomic mass is 10.1. The summed E-state index contributed by atoms with van der Waals surface area (Å²) in [6.45, 7) is 12.2. The van der Waals surface area contributed by atoms with Crippen LogP contribution in [0.25, 0.3) is 0 Å². The van der Waals surface area contributed by atoms with Gasteiger partial charge in [-0.2, -0.15) is 0 Å². The number of carbonyl (C=O) groups excluding carboxylic acids is 2. The van der Waals surface area contributed by atoms with Gasteiger partial charge >= 0.3 is 6.09 Å². The quantitative estimate of drug-likeness (QED) is 0.0713. The van der Waals surface area contributed by atoms with E-state index in [1.54, 1.807) is 7.05 Å². The summed E-state index contributed by atoms with van der Waals surface area (Å²) in [6.07, 6.45) is 31.0. The van der Waals surface area contributed by atoms with Crippen molar-refractivity contribution < 1.29 is 23.8 Å². The number of rotatable bonds is 33. The van der Waals surface area contributed by atoms with Crippen molar-refractivity contribution in [3.8, 4) is 0 Å². The highest BCUT2D eigenvalue weighted by Gasteiger charge is 2.21. The first-order chi connectivity index (χ1) is 22.2. The summed E-state index contributed by atoms with van der Waals surface area (Å²) < 4.78 is 17.5. The SMILES string of the molecule is CCCCCCCCCCCCCCOCC(CNC(=O)CN(C)C(=O)OC(C)(C)C)OCCCCCCCCCCCCCC. The van der Waals surface area contributed by atoms with Crippen LogP contribution in [0.5, 0.6) is 0 Å². The van der Waals surface area contributed by atoms with Crippen LogP contribution in [-0.4, -0.2) is 68.6 Å². The maximum Gasteiger partial charge on any atom is 0.410 e. The van der Waals surface area contributed by atoms with Gasteiger partial charge in [-0.1, -0.05) is 155 Å².